The summed E-state index contributed by atoms with van der Waals surface area (Å²) < 4.78 is 0. The molecule has 3 aliphatic rings. The van der Waals surface area contributed by atoms with E-state index in [1.165, 1.54) is 6.42 Å². The number of nitrogens with zero attached hydrogens (tertiary/aromatic N) is 4. The summed E-state index contributed by atoms with van der Waals surface area (Å²) in [6.07, 6.45) is 1.51. The van der Waals surface area contributed by atoms with E-state index in [0.29, 0.717) is 30.2 Å². The van der Waals surface area contributed by atoms with Crippen molar-refractivity contribution in [1.29, 1.82) is 0 Å². The minimum absolute atomic E-state index is 0.0188. The Bertz CT molecular complexity index is 687. The minimum atomic E-state index is -0.669. The molecule has 1 aromatic heterocycles. The van der Waals surface area contributed by atoms with Gasteiger partial charge in [-0.05, 0) is 31.1 Å². The lowest BCUT2D eigenvalue weighted by Crippen LogP contribution is -2.47. The second kappa shape index (κ2) is 5.58. The van der Waals surface area contributed by atoms with Crippen LogP contribution in [0.25, 0.3) is 0 Å². The molecular weight excluding hydrogens is 316 g/mol. The number of aliphatic carboxylic acids is 1. The van der Waals surface area contributed by atoms with Crippen LogP contribution < -0.4 is 9.80 Å². The highest BCUT2D eigenvalue weighted by molar-refractivity contribution is 5.68. The Labute approximate surface area is 149 Å². The Kier molecular flexibility index (Phi) is 3.71. The third-order valence-corrected chi connectivity index (χ3v) is 6.15. The summed E-state index contributed by atoms with van der Waals surface area (Å²) in [5, 5.41) is 9.00. The standard InChI is InChI=1S/C19H28N4O2/c1-11-5-6-23(11)18-20-15(19(2,3)4)8-16(21-18)22-9-13-12(7-17(24)25)14(13)10-22/h8,11-14H,5-7,9-10H2,1-4H3,(H,24,25)/t11-,12-,13-,14+/m0/s1. The molecule has 6 heteroatoms. The van der Waals surface area contributed by atoms with Gasteiger partial charge in [0.25, 0.3) is 0 Å². The van der Waals surface area contributed by atoms with E-state index in [9.17, 15) is 4.79 Å². The normalized spacial score (nSPS) is 30.9. The highest BCUT2D eigenvalue weighted by Crippen LogP contribution is 2.54. The van der Waals surface area contributed by atoms with Crippen LogP contribution in [0.1, 0.15) is 46.2 Å². The second-order valence-electron chi connectivity index (χ2n) is 8.99. The lowest BCUT2D eigenvalue weighted by Gasteiger charge is -2.39. The van der Waals surface area contributed by atoms with Gasteiger partial charge in [-0.2, -0.15) is 4.98 Å². The van der Waals surface area contributed by atoms with Gasteiger partial charge in [0.05, 0.1) is 5.69 Å². The van der Waals surface area contributed by atoms with Gasteiger partial charge in [-0.3, -0.25) is 4.79 Å². The Hall–Kier alpha value is -1.85. The number of piperidine rings is 1. The van der Waals surface area contributed by atoms with Crippen LogP contribution in [0.3, 0.4) is 0 Å². The largest absolute Gasteiger partial charge is 0.481 e. The maximum Gasteiger partial charge on any atom is 0.303 e. The molecule has 3 fully saturated rings. The smallest absolute Gasteiger partial charge is 0.303 e. The van der Waals surface area contributed by atoms with Crippen molar-refractivity contribution in [2.45, 2.75) is 52.0 Å². The lowest BCUT2D eigenvalue weighted by atomic mass is 9.92. The fraction of sp³-hybridized carbons (Fsp3) is 0.737. The van der Waals surface area contributed by atoms with E-state index in [1.807, 2.05) is 0 Å². The first kappa shape index (κ1) is 16.6. The summed E-state index contributed by atoms with van der Waals surface area (Å²) in [4.78, 5) is 25.3. The van der Waals surface area contributed by atoms with Crippen molar-refractivity contribution in [1.82, 2.24) is 9.97 Å². The maximum absolute atomic E-state index is 10.9. The van der Waals surface area contributed by atoms with Gasteiger partial charge >= 0.3 is 5.97 Å². The van der Waals surface area contributed by atoms with Crippen LogP contribution in [0.5, 0.6) is 0 Å². The van der Waals surface area contributed by atoms with Crippen molar-refractivity contribution in [2.75, 3.05) is 29.4 Å². The highest BCUT2D eigenvalue weighted by atomic mass is 16.4. The number of hydrogen-bond acceptors (Lipinski definition) is 5. The van der Waals surface area contributed by atoms with Crippen LogP contribution in [-0.2, 0) is 10.2 Å². The summed E-state index contributed by atoms with van der Waals surface area (Å²) in [5.74, 6) is 2.61. The molecule has 1 aliphatic carbocycles. The molecule has 2 saturated heterocycles. The summed E-state index contributed by atoms with van der Waals surface area (Å²) in [5.41, 5.74) is 1.06. The molecule has 1 N–H and O–H groups in total. The number of anilines is 2. The Morgan fingerprint density at radius 1 is 1.28 bits per heavy atom. The van der Waals surface area contributed by atoms with E-state index in [4.69, 9.17) is 15.1 Å². The third kappa shape index (κ3) is 2.96. The fourth-order valence-electron chi connectivity index (χ4n) is 4.25. The number of carboxylic acid groups (broad SMARTS) is 1. The molecule has 1 saturated carbocycles. The first-order chi connectivity index (χ1) is 11.7. The quantitative estimate of drug-likeness (QED) is 0.905. The molecule has 1 aromatic rings. The molecule has 6 nitrogen and oxygen atoms in total. The van der Waals surface area contributed by atoms with Gasteiger partial charge in [0.15, 0.2) is 0 Å². The van der Waals surface area contributed by atoms with Crippen LogP contribution in [-0.4, -0.2) is 46.7 Å². The van der Waals surface area contributed by atoms with Crippen molar-refractivity contribution in [2.24, 2.45) is 17.8 Å². The Morgan fingerprint density at radius 3 is 2.44 bits per heavy atom. The molecular formula is C19H28N4O2. The first-order valence-corrected chi connectivity index (χ1v) is 9.37. The van der Waals surface area contributed by atoms with E-state index in [1.54, 1.807) is 0 Å². The SMILES string of the molecule is C[C@H]1CCN1c1nc(N2C[C@@H]3[C@@H](CC(=O)O)[C@@H]3C2)cc(C(C)(C)C)n1. The number of fused-ring (bicyclic) bond motifs is 1. The lowest BCUT2D eigenvalue weighted by molar-refractivity contribution is -0.137. The zero-order valence-corrected chi connectivity index (χ0v) is 15.6. The van der Waals surface area contributed by atoms with Crippen molar-refractivity contribution in [3.8, 4) is 0 Å². The van der Waals surface area contributed by atoms with E-state index in [0.717, 1.165) is 37.1 Å². The topological polar surface area (TPSA) is 69.6 Å². The van der Waals surface area contributed by atoms with E-state index in [-0.39, 0.29) is 5.41 Å². The van der Waals surface area contributed by atoms with Crippen molar-refractivity contribution < 1.29 is 9.90 Å². The number of rotatable bonds is 4. The Balaban J connectivity index is 1.56. The number of hydrogen-bond donors (Lipinski definition) is 1. The van der Waals surface area contributed by atoms with E-state index < -0.39 is 5.97 Å². The molecule has 25 heavy (non-hydrogen) atoms. The maximum atomic E-state index is 10.9. The van der Waals surface area contributed by atoms with Gasteiger partial charge in [0.2, 0.25) is 5.95 Å². The van der Waals surface area contributed by atoms with E-state index >= 15 is 0 Å². The van der Waals surface area contributed by atoms with Crippen molar-refractivity contribution in [3.05, 3.63) is 11.8 Å². The number of carboxylic acids is 1. The zero-order valence-electron chi connectivity index (χ0n) is 15.6. The van der Waals surface area contributed by atoms with Gasteiger partial charge in [0.1, 0.15) is 5.82 Å². The molecule has 3 heterocycles. The summed E-state index contributed by atoms with van der Waals surface area (Å²) in [6, 6.07) is 2.64. The van der Waals surface area contributed by atoms with Gasteiger partial charge in [-0.25, -0.2) is 4.98 Å². The molecule has 0 bridgehead atoms. The van der Waals surface area contributed by atoms with Gasteiger partial charge in [0, 0.05) is 43.6 Å². The third-order valence-electron chi connectivity index (χ3n) is 6.15. The zero-order chi connectivity index (χ0) is 17.9. The Morgan fingerprint density at radius 2 is 1.96 bits per heavy atom. The van der Waals surface area contributed by atoms with E-state index in [2.05, 4.69) is 43.6 Å². The van der Waals surface area contributed by atoms with Gasteiger partial charge < -0.3 is 14.9 Å². The summed E-state index contributed by atoms with van der Waals surface area (Å²) in [7, 11) is 0. The van der Waals surface area contributed by atoms with Crippen LogP contribution in [0, 0.1) is 17.8 Å². The molecule has 0 aromatic carbocycles. The van der Waals surface area contributed by atoms with Crippen LogP contribution in [0.15, 0.2) is 6.07 Å². The molecule has 0 radical (unpaired) electrons. The summed E-state index contributed by atoms with van der Waals surface area (Å²) >= 11 is 0. The van der Waals surface area contributed by atoms with Crippen LogP contribution in [0.2, 0.25) is 0 Å². The fourth-order valence-corrected chi connectivity index (χ4v) is 4.25. The predicted octanol–water partition coefficient (Wildman–Crippen LogP) is 2.53. The molecule has 136 valence electrons. The molecule has 2 aliphatic heterocycles. The predicted molar refractivity (Wildman–Crippen MR) is 97.1 cm³/mol. The monoisotopic (exact) mass is 344 g/mol. The number of carbonyl (C=O) groups is 1. The van der Waals surface area contributed by atoms with Gasteiger partial charge in [-0.15, -0.1) is 0 Å². The molecule has 0 unspecified atom stereocenters. The van der Waals surface area contributed by atoms with Crippen molar-refractivity contribution in [3.63, 3.8) is 0 Å². The molecule has 0 spiro atoms. The molecule has 0 amide bonds. The second-order valence-corrected chi connectivity index (χ2v) is 8.99. The average Bonchev–Trinajstić information content (AvgIpc) is 2.95. The van der Waals surface area contributed by atoms with Gasteiger partial charge in [-0.1, -0.05) is 20.8 Å². The highest BCUT2D eigenvalue weighted by Gasteiger charge is 2.56. The van der Waals surface area contributed by atoms with Crippen LogP contribution >= 0.6 is 0 Å². The minimum Gasteiger partial charge on any atom is -0.481 e. The molecule has 4 atom stereocenters. The van der Waals surface area contributed by atoms with Crippen molar-refractivity contribution >= 4 is 17.7 Å². The molecule has 4 rings (SSSR count). The summed E-state index contributed by atoms with van der Waals surface area (Å²) in [6.45, 7) is 11.7. The first-order valence-electron chi connectivity index (χ1n) is 9.37. The van der Waals surface area contributed by atoms with Crippen LogP contribution in [0.4, 0.5) is 11.8 Å². The average molecular weight is 344 g/mol. The number of aromatic nitrogens is 2.